The number of hydrogen-bond donors (Lipinski definition) is 1. The number of nitrogens with zero attached hydrogens (tertiary/aromatic N) is 2. The summed E-state index contributed by atoms with van der Waals surface area (Å²) in [6, 6.07) is 0. The molecule has 0 saturated heterocycles. The second-order valence-corrected chi connectivity index (χ2v) is 8.61. The van der Waals surface area contributed by atoms with Gasteiger partial charge in [-0.25, -0.2) is 18.1 Å². The van der Waals surface area contributed by atoms with E-state index in [1.165, 1.54) is 6.42 Å². The Hall–Kier alpha value is -0.530. The summed E-state index contributed by atoms with van der Waals surface area (Å²) in [6.07, 6.45) is 7.59. The van der Waals surface area contributed by atoms with Crippen LogP contribution in [0.1, 0.15) is 37.8 Å². The molecule has 1 aliphatic carbocycles. The molecule has 2 heterocycles. The third kappa shape index (κ3) is 3.20. The van der Waals surface area contributed by atoms with Gasteiger partial charge in [0.05, 0.1) is 10.9 Å². The van der Waals surface area contributed by atoms with Crippen molar-refractivity contribution in [2.24, 2.45) is 0 Å². The molecule has 1 fully saturated rings. The van der Waals surface area contributed by atoms with Crippen molar-refractivity contribution in [2.75, 3.05) is 12.3 Å². The minimum atomic E-state index is -3.14. The second-order valence-electron chi connectivity index (χ2n) is 5.51. The van der Waals surface area contributed by atoms with Gasteiger partial charge in [0.25, 0.3) is 0 Å². The zero-order valence-electron chi connectivity index (χ0n) is 11.5. The molecule has 20 heavy (non-hydrogen) atoms. The van der Waals surface area contributed by atoms with E-state index < -0.39 is 10.0 Å². The molecule has 1 aromatic heterocycles. The predicted molar refractivity (Wildman–Crippen MR) is 80.5 cm³/mol. The summed E-state index contributed by atoms with van der Waals surface area (Å²) in [4.78, 5) is 4.51. The van der Waals surface area contributed by atoms with Crippen LogP contribution in [0.15, 0.2) is 11.4 Å². The van der Waals surface area contributed by atoms with E-state index in [0.717, 1.165) is 48.8 Å². The molecule has 1 aromatic rings. The van der Waals surface area contributed by atoms with Crippen LogP contribution in [-0.2, 0) is 23.0 Å². The Labute approximate surface area is 124 Å². The average molecular weight is 315 g/mol. The first-order chi connectivity index (χ1) is 9.65. The van der Waals surface area contributed by atoms with Crippen LogP contribution in [0.25, 0.3) is 0 Å². The van der Waals surface area contributed by atoms with E-state index in [-0.39, 0.29) is 5.25 Å². The summed E-state index contributed by atoms with van der Waals surface area (Å²) in [5.41, 5.74) is 0.985. The second kappa shape index (κ2) is 6.07. The van der Waals surface area contributed by atoms with E-state index in [1.807, 2.05) is 6.20 Å². The van der Waals surface area contributed by atoms with Gasteiger partial charge in [0, 0.05) is 31.5 Å². The van der Waals surface area contributed by atoms with Crippen LogP contribution in [0.3, 0.4) is 0 Å². The quantitative estimate of drug-likeness (QED) is 0.899. The maximum absolute atomic E-state index is 12.2. The fourth-order valence-electron chi connectivity index (χ4n) is 2.90. The summed E-state index contributed by atoms with van der Waals surface area (Å²) < 4.78 is 29.3. The molecule has 1 N–H and O–H groups in total. The van der Waals surface area contributed by atoms with E-state index in [9.17, 15) is 8.42 Å². The molecule has 0 bridgehead atoms. The number of aryl methyl sites for hydroxylation is 1. The van der Waals surface area contributed by atoms with E-state index in [1.54, 1.807) is 11.8 Å². The highest BCUT2D eigenvalue weighted by Gasteiger charge is 2.26. The number of nitrogens with one attached hydrogen (secondary N) is 1. The molecule has 7 heteroatoms. The first-order valence-electron chi connectivity index (χ1n) is 7.32. The molecule has 0 spiro atoms. The number of imidazole rings is 1. The minimum absolute atomic E-state index is 0.182. The largest absolute Gasteiger partial charge is 0.325 e. The lowest BCUT2D eigenvalue weighted by molar-refractivity contribution is 0.477. The molecule has 0 atom stereocenters. The lowest BCUT2D eigenvalue weighted by atomic mass is 10.0. The van der Waals surface area contributed by atoms with E-state index >= 15 is 0 Å². The first-order valence-corrected chi connectivity index (χ1v) is 9.86. The maximum atomic E-state index is 12.2. The van der Waals surface area contributed by atoms with Gasteiger partial charge in [0.1, 0.15) is 0 Å². The number of rotatable bonds is 5. The molecule has 0 radical (unpaired) electrons. The van der Waals surface area contributed by atoms with E-state index in [2.05, 4.69) is 14.3 Å². The monoisotopic (exact) mass is 315 g/mol. The molecular formula is C13H21N3O2S2. The van der Waals surface area contributed by atoms with Gasteiger partial charge in [0.15, 0.2) is 5.16 Å². The molecule has 0 aromatic carbocycles. The Kier molecular flexibility index (Phi) is 4.37. The van der Waals surface area contributed by atoms with Crippen LogP contribution < -0.4 is 4.72 Å². The standard InChI is InChI=1S/C13H21N3O2S2/c17-20(18,12-4-2-1-3-5-12)14-7-6-11-10-16-8-9-19-13(16)15-11/h10,12,14H,1-9H2. The normalized spacial score (nSPS) is 20.2. The third-order valence-corrected chi connectivity index (χ3v) is 6.95. The highest BCUT2D eigenvalue weighted by molar-refractivity contribution is 7.99. The number of fused-ring (bicyclic) bond motifs is 1. The Bertz CT molecular complexity index is 541. The van der Waals surface area contributed by atoms with Crippen molar-refractivity contribution in [3.8, 4) is 0 Å². The van der Waals surface area contributed by atoms with Gasteiger partial charge in [-0.1, -0.05) is 31.0 Å². The number of sulfonamides is 1. The SMILES string of the molecule is O=S(=O)(NCCc1cn2c(n1)SCC2)C1CCCCC1. The van der Waals surface area contributed by atoms with Crippen LogP contribution in [0.5, 0.6) is 0 Å². The third-order valence-electron chi connectivity index (χ3n) is 4.03. The molecule has 0 amide bonds. The molecule has 2 aliphatic rings. The Balaban J connectivity index is 1.51. The molecule has 0 unspecified atom stereocenters. The molecule has 112 valence electrons. The van der Waals surface area contributed by atoms with E-state index in [0.29, 0.717) is 13.0 Å². The van der Waals surface area contributed by atoms with Gasteiger partial charge >= 0.3 is 0 Å². The van der Waals surface area contributed by atoms with Crippen molar-refractivity contribution in [2.45, 2.75) is 55.5 Å². The fourth-order valence-corrected chi connectivity index (χ4v) is 5.44. The number of hydrogen-bond acceptors (Lipinski definition) is 4. The van der Waals surface area contributed by atoms with Gasteiger partial charge in [-0.05, 0) is 12.8 Å². The summed E-state index contributed by atoms with van der Waals surface area (Å²) >= 11 is 1.76. The lowest BCUT2D eigenvalue weighted by Crippen LogP contribution is -2.36. The van der Waals surface area contributed by atoms with Crippen LogP contribution in [0, 0.1) is 0 Å². The van der Waals surface area contributed by atoms with Gasteiger partial charge in [-0.2, -0.15) is 0 Å². The Morgan fingerprint density at radius 3 is 2.90 bits per heavy atom. The summed E-state index contributed by atoms with van der Waals surface area (Å²) in [7, 11) is -3.14. The Morgan fingerprint density at radius 2 is 2.15 bits per heavy atom. The first kappa shape index (κ1) is 14.4. The van der Waals surface area contributed by atoms with Gasteiger partial charge in [0.2, 0.25) is 10.0 Å². The van der Waals surface area contributed by atoms with Crippen LogP contribution >= 0.6 is 11.8 Å². The van der Waals surface area contributed by atoms with Crippen molar-refractivity contribution < 1.29 is 8.42 Å². The van der Waals surface area contributed by atoms with Crippen LogP contribution in [-0.4, -0.2) is 35.5 Å². The zero-order valence-corrected chi connectivity index (χ0v) is 13.2. The van der Waals surface area contributed by atoms with Gasteiger partial charge in [-0.15, -0.1) is 0 Å². The number of thioether (sulfide) groups is 1. The van der Waals surface area contributed by atoms with Gasteiger partial charge < -0.3 is 4.57 Å². The maximum Gasteiger partial charge on any atom is 0.214 e. The minimum Gasteiger partial charge on any atom is -0.325 e. The van der Waals surface area contributed by atoms with Gasteiger partial charge in [-0.3, -0.25) is 0 Å². The molecular weight excluding hydrogens is 294 g/mol. The van der Waals surface area contributed by atoms with Crippen molar-refractivity contribution in [3.63, 3.8) is 0 Å². The highest BCUT2D eigenvalue weighted by atomic mass is 32.2. The molecule has 1 saturated carbocycles. The lowest BCUT2D eigenvalue weighted by Gasteiger charge is -2.21. The van der Waals surface area contributed by atoms with Crippen LogP contribution in [0.4, 0.5) is 0 Å². The van der Waals surface area contributed by atoms with Crippen molar-refractivity contribution in [3.05, 3.63) is 11.9 Å². The highest BCUT2D eigenvalue weighted by Crippen LogP contribution is 2.25. The smallest absolute Gasteiger partial charge is 0.214 e. The number of aromatic nitrogens is 2. The summed E-state index contributed by atoms with van der Waals surface area (Å²) in [6.45, 7) is 1.47. The van der Waals surface area contributed by atoms with Crippen molar-refractivity contribution in [1.82, 2.24) is 14.3 Å². The summed E-state index contributed by atoms with van der Waals surface area (Å²) in [5, 5.41) is 0.883. The molecule has 5 nitrogen and oxygen atoms in total. The molecule has 1 aliphatic heterocycles. The van der Waals surface area contributed by atoms with Crippen molar-refractivity contribution >= 4 is 21.8 Å². The average Bonchev–Trinajstić information content (AvgIpc) is 3.00. The van der Waals surface area contributed by atoms with E-state index in [4.69, 9.17) is 0 Å². The topological polar surface area (TPSA) is 64.0 Å². The predicted octanol–water partition coefficient (Wildman–Crippen LogP) is 1.78. The zero-order chi connectivity index (χ0) is 14.0. The van der Waals surface area contributed by atoms with Crippen molar-refractivity contribution in [1.29, 1.82) is 0 Å². The van der Waals surface area contributed by atoms with Crippen LogP contribution in [0.2, 0.25) is 0 Å². The Morgan fingerprint density at radius 1 is 1.35 bits per heavy atom. The molecule has 3 rings (SSSR count). The summed E-state index contributed by atoms with van der Waals surface area (Å²) in [5.74, 6) is 1.09. The fraction of sp³-hybridized carbons (Fsp3) is 0.769.